The standard InChI is InChI=1S/C10H14N4O5.C6H7N/c1-17-6-4-5(11)7(13-9(15)18-2)12-8(6)14-10(16)19-3;7-6-4-2-1-3-5-6/h4H,11H2,1-3H3,(H2,12,13,14,15,16);1-5H,7H2. The normalized spacial score (nSPS) is 9.19. The van der Waals surface area contributed by atoms with Crippen molar-refractivity contribution in [3.63, 3.8) is 0 Å². The molecule has 0 aliphatic rings. The number of anilines is 4. The summed E-state index contributed by atoms with van der Waals surface area (Å²) in [7, 11) is 3.78. The Bertz CT molecular complexity index is 739. The summed E-state index contributed by atoms with van der Waals surface area (Å²) in [6, 6.07) is 10.9. The van der Waals surface area contributed by atoms with Gasteiger partial charge in [0.05, 0.1) is 27.0 Å². The number of hydrogen-bond donors (Lipinski definition) is 4. The summed E-state index contributed by atoms with van der Waals surface area (Å²) in [6.07, 6.45) is -1.48. The van der Waals surface area contributed by atoms with E-state index >= 15 is 0 Å². The lowest BCUT2D eigenvalue weighted by Gasteiger charge is -2.12. The Hall–Kier alpha value is -3.69. The Labute approximate surface area is 150 Å². The number of nitrogen functional groups attached to an aromatic ring is 2. The fraction of sp³-hybridized carbons (Fsp3) is 0.188. The van der Waals surface area contributed by atoms with Crippen molar-refractivity contribution < 1.29 is 23.8 Å². The molecule has 2 rings (SSSR count). The summed E-state index contributed by atoms with van der Waals surface area (Å²) in [4.78, 5) is 26.2. The zero-order valence-corrected chi connectivity index (χ0v) is 14.6. The molecule has 140 valence electrons. The highest BCUT2D eigenvalue weighted by Crippen LogP contribution is 2.29. The summed E-state index contributed by atoms with van der Waals surface area (Å²) >= 11 is 0. The number of ether oxygens (including phenoxy) is 3. The number of methoxy groups -OCH3 is 3. The van der Waals surface area contributed by atoms with Gasteiger partial charge in [-0.3, -0.25) is 10.6 Å². The van der Waals surface area contributed by atoms with Crippen molar-refractivity contribution >= 4 is 35.2 Å². The van der Waals surface area contributed by atoms with Gasteiger partial charge in [-0.15, -0.1) is 0 Å². The van der Waals surface area contributed by atoms with Crippen LogP contribution in [0.25, 0.3) is 0 Å². The van der Waals surface area contributed by atoms with E-state index < -0.39 is 12.2 Å². The lowest BCUT2D eigenvalue weighted by molar-refractivity contribution is 0.186. The molecule has 10 nitrogen and oxygen atoms in total. The highest BCUT2D eigenvalue weighted by molar-refractivity contribution is 5.90. The van der Waals surface area contributed by atoms with Crippen molar-refractivity contribution in [2.75, 3.05) is 43.4 Å². The van der Waals surface area contributed by atoms with Crippen LogP contribution in [0.15, 0.2) is 36.4 Å². The predicted octanol–water partition coefficient (Wildman–Crippen LogP) is 2.30. The van der Waals surface area contributed by atoms with Gasteiger partial charge in [0.15, 0.2) is 17.4 Å². The smallest absolute Gasteiger partial charge is 0.412 e. The number of nitrogens with zero attached hydrogens (tertiary/aromatic N) is 1. The first-order valence-corrected chi connectivity index (χ1v) is 7.26. The maximum atomic E-state index is 11.2. The highest BCUT2D eigenvalue weighted by atomic mass is 16.5. The number of carbonyl (C=O) groups excluding carboxylic acids is 2. The van der Waals surface area contributed by atoms with Gasteiger partial charge in [0.1, 0.15) is 0 Å². The summed E-state index contributed by atoms with van der Waals surface area (Å²) in [6.45, 7) is 0. The molecule has 2 amide bonds. The zero-order chi connectivity index (χ0) is 19.5. The van der Waals surface area contributed by atoms with E-state index in [1.165, 1.54) is 27.4 Å². The largest absolute Gasteiger partial charge is 0.493 e. The number of carbonyl (C=O) groups is 2. The van der Waals surface area contributed by atoms with Crippen molar-refractivity contribution in [3.05, 3.63) is 36.4 Å². The Morgan fingerprint density at radius 1 is 0.923 bits per heavy atom. The van der Waals surface area contributed by atoms with Crippen LogP contribution in [0.3, 0.4) is 0 Å². The molecular formula is C16H21N5O5. The molecule has 2 aromatic rings. The van der Waals surface area contributed by atoms with Crippen LogP contribution in [0, 0.1) is 0 Å². The van der Waals surface area contributed by atoms with Crippen LogP contribution in [-0.4, -0.2) is 38.5 Å². The molecule has 0 radical (unpaired) electrons. The lowest BCUT2D eigenvalue weighted by Crippen LogP contribution is -2.17. The van der Waals surface area contributed by atoms with Gasteiger partial charge in [0, 0.05) is 11.8 Å². The second-order valence-corrected chi connectivity index (χ2v) is 4.62. The monoisotopic (exact) mass is 363 g/mol. The van der Waals surface area contributed by atoms with E-state index in [0.717, 1.165) is 5.69 Å². The quantitative estimate of drug-likeness (QED) is 0.606. The van der Waals surface area contributed by atoms with Gasteiger partial charge in [0.2, 0.25) is 0 Å². The van der Waals surface area contributed by atoms with E-state index in [4.69, 9.17) is 16.2 Å². The van der Waals surface area contributed by atoms with E-state index in [9.17, 15) is 9.59 Å². The van der Waals surface area contributed by atoms with E-state index in [1.807, 2.05) is 30.3 Å². The second kappa shape index (κ2) is 10.2. The van der Waals surface area contributed by atoms with Gasteiger partial charge < -0.3 is 25.7 Å². The van der Waals surface area contributed by atoms with E-state index in [-0.39, 0.29) is 23.1 Å². The third-order valence-electron chi connectivity index (χ3n) is 2.85. The molecular weight excluding hydrogens is 342 g/mol. The number of para-hydroxylation sites is 1. The molecule has 0 aliphatic carbocycles. The summed E-state index contributed by atoms with van der Waals surface area (Å²) in [5.74, 6) is 0.298. The number of nitrogens with one attached hydrogen (secondary N) is 2. The third kappa shape index (κ3) is 6.43. The number of nitrogens with two attached hydrogens (primary N) is 2. The predicted molar refractivity (Wildman–Crippen MR) is 98.1 cm³/mol. The number of pyridine rings is 1. The van der Waals surface area contributed by atoms with E-state index in [1.54, 1.807) is 0 Å². The molecule has 0 bridgehead atoms. The first-order chi connectivity index (χ1) is 12.4. The van der Waals surface area contributed by atoms with Crippen molar-refractivity contribution in [2.45, 2.75) is 0 Å². The molecule has 1 heterocycles. The molecule has 1 aromatic heterocycles. The van der Waals surface area contributed by atoms with Crippen molar-refractivity contribution in [3.8, 4) is 5.75 Å². The second-order valence-electron chi connectivity index (χ2n) is 4.62. The van der Waals surface area contributed by atoms with Crippen LogP contribution >= 0.6 is 0 Å². The average molecular weight is 363 g/mol. The van der Waals surface area contributed by atoms with Crippen LogP contribution in [0.2, 0.25) is 0 Å². The molecule has 0 fully saturated rings. The molecule has 10 heteroatoms. The molecule has 6 N–H and O–H groups in total. The molecule has 0 saturated carbocycles. The number of benzene rings is 1. The molecule has 0 atom stereocenters. The Morgan fingerprint density at radius 3 is 1.88 bits per heavy atom. The summed E-state index contributed by atoms with van der Waals surface area (Å²) in [5.41, 5.74) is 12.0. The van der Waals surface area contributed by atoms with Crippen molar-refractivity contribution in [1.29, 1.82) is 0 Å². The maximum Gasteiger partial charge on any atom is 0.412 e. The SMILES string of the molecule is COC(=O)Nc1nc(NC(=O)OC)c(OC)cc1N.Nc1ccccc1. The minimum atomic E-state index is -0.742. The van der Waals surface area contributed by atoms with Crippen LogP contribution < -0.4 is 26.8 Å². The Balaban J connectivity index is 0.000000401. The topological polar surface area (TPSA) is 151 Å². The summed E-state index contributed by atoms with van der Waals surface area (Å²) < 4.78 is 13.9. The number of hydrogen-bond acceptors (Lipinski definition) is 8. The Morgan fingerprint density at radius 2 is 1.46 bits per heavy atom. The van der Waals surface area contributed by atoms with Crippen LogP contribution in [0.5, 0.6) is 5.75 Å². The number of aromatic nitrogens is 1. The summed E-state index contributed by atoms with van der Waals surface area (Å²) in [5, 5.41) is 4.62. The van der Waals surface area contributed by atoms with Gasteiger partial charge in [0.25, 0.3) is 0 Å². The first kappa shape index (κ1) is 20.4. The first-order valence-electron chi connectivity index (χ1n) is 7.26. The molecule has 26 heavy (non-hydrogen) atoms. The van der Waals surface area contributed by atoms with Crippen LogP contribution in [-0.2, 0) is 9.47 Å². The van der Waals surface area contributed by atoms with Crippen molar-refractivity contribution in [1.82, 2.24) is 4.98 Å². The number of rotatable bonds is 3. The molecule has 0 unspecified atom stereocenters. The van der Waals surface area contributed by atoms with Gasteiger partial charge in [-0.2, -0.15) is 0 Å². The fourth-order valence-corrected chi connectivity index (χ4v) is 1.60. The third-order valence-corrected chi connectivity index (χ3v) is 2.85. The lowest BCUT2D eigenvalue weighted by atomic mass is 10.3. The molecule has 0 aliphatic heterocycles. The van der Waals surface area contributed by atoms with Gasteiger partial charge in [-0.05, 0) is 12.1 Å². The molecule has 1 aromatic carbocycles. The number of amides is 2. The minimum absolute atomic E-state index is 0.0269. The van der Waals surface area contributed by atoms with Crippen LogP contribution in [0.1, 0.15) is 0 Å². The maximum absolute atomic E-state index is 11.2. The highest BCUT2D eigenvalue weighted by Gasteiger charge is 2.15. The fourth-order valence-electron chi connectivity index (χ4n) is 1.60. The minimum Gasteiger partial charge on any atom is -0.493 e. The van der Waals surface area contributed by atoms with Crippen LogP contribution in [0.4, 0.5) is 32.6 Å². The molecule has 0 spiro atoms. The van der Waals surface area contributed by atoms with E-state index in [0.29, 0.717) is 0 Å². The van der Waals surface area contributed by atoms with E-state index in [2.05, 4.69) is 25.1 Å². The zero-order valence-electron chi connectivity index (χ0n) is 14.6. The van der Waals surface area contributed by atoms with Gasteiger partial charge in [-0.1, -0.05) is 18.2 Å². The van der Waals surface area contributed by atoms with Crippen molar-refractivity contribution in [2.24, 2.45) is 0 Å². The molecule has 0 saturated heterocycles. The van der Waals surface area contributed by atoms with Gasteiger partial charge in [-0.25, -0.2) is 14.6 Å². The Kier molecular flexibility index (Phi) is 8.01. The average Bonchev–Trinajstić information content (AvgIpc) is 2.65. The van der Waals surface area contributed by atoms with Gasteiger partial charge >= 0.3 is 12.2 Å².